The van der Waals surface area contributed by atoms with Crippen LogP contribution in [0.2, 0.25) is 0 Å². The Balaban J connectivity index is 2.69. The minimum Gasteiger partial charge on any atom is -0.478 e. The number of para-hydroxylation sites is 1. The van der Waals surface area contributed by atoms with E-state index in [0.29, 0.717) is 5.69 Å². The second-order valence-electron chi connectivity index (χ2n) is 2.90. The van der Waals surface area contributed by atoms with Gasteiger partial charge < -0.3 is 10.5 Å². The number of carboxylic acids is 1. The van der Waals surface area contributed by atoms with Gasteiger partial charge in [-0.2, -0.15) is 0 Å². The van der Waals surface area contributed by atoms with E-state index in [4.69, 9.17) is 5.11 Å². The lowest BCUT2D eigenvalue weighted by Crippen LogP contribution is -2.23. The number of carboxylic acid groups (broad SMARTS) is 1. The second kappa shape index (κ2) is 5.24. The molecule has 4 heteroatoms. The SMILES string of the molecule is CCCNNc1ccccc1C(=O)O. The van der Waals surface area contributed by atoms with Gasteiger partial charge in [-0.1, -0.05) is 19.1 Å². The summed E-state index contributed by atoms with van der Waals surface area (Å²) in [5.74, 6) is -0.925. The Labute approximate surface area is 82.9 Å². The molecule has 1 aromatic rings. The standard InChI is InChI=1S/C10H14N2O2/c1-2-7-11-12-9-6-4-3-5-8(9)10(13)14/h3-6,11-12H,2,7H2,1H3,(H,13,14). The summed E-state index contributed by atoms with van der Waals surface area (Å²) < 4.78 is 0. The van der Waals surface area contributed by atoms with Crippen LogP contribution in [0.3, 0.4) is 0 Å². The molecule has 0 atom stereocenters. The van der Waals surface area contributed by atoms with Gasteiger partial charge in [-0.25, -0.2) is 10.2 Å². The molecule has 0 aliphatic heterocycles. The molecular weight excluding hydrogens is 180 g/mol. The van der Waals surface area contributed by atoms with Gasteiger partial charge in [0, 0.05) is 6.54 Å². The highest BCUT2D eigenvalue weighted by atomic mass is 16.4. The number of anilines is 1. The van der Waals surface area contributed by atoms with Crippen molar-refractivity contribution in [2.24, 2.45) is 0 Å². The minimum atomic E-state index is -0.925. The maximum atomic E-state index is 10.8. The van der Waals surface area contributed by atoms with E-state index >= 15 is 0 Å². The lowest BCUT2D eigenvalue weighted by Gasteiger charge is -2.09. The average molecular weight is 194 g/mol. The molecule has 1 aromatic carbocycles. The third-order valence-electron chi connectivity index (χ3n) is 1.76. The fourth-order valence-electron chi connectivity index (χ4n) is 1.06. The van der Waals surface area contributed by atoms with Crippen molar-refractivity contribution in [2.75, 3.05) is 12.0 Å². The molecule has 14 heavy (non-hydrogen) atoms. The summed E-state index contributed by atoms with van der Waals surface area (Å²) in [6.45, 7) is 2.84. The Morgan fingerprint density at radius 3 is 2.79 bits per heavy atom. The summed E-state index contributed by atoms with van der Waals surface area (Å²) >= 11 is 0. The Hall–Kier alpha value is -1.55. The number of benzene rings is 1. The molecule has 0 saturated carbocycles. The van der Waals surface area contributed by atoms with E-state index < -0.39 is 5.97 Å². The number of hydrogen-bond donors (Lipinski definition) is 3. The molecule has 0 fully saturated rings. The van der Waals surface area contributed by atoms with Crippen molar-refractivity contribution in [1.82, 2.24) is 5.43 Å². The first-order valence-corrected chi connectivity index (χ1v) is 4.57. The number of aromatic carboxylic acids is 1. The third kappa shape index (κ3) is 2.74. The monoisotopic (exact) mass is 194 g/mol. The zero-order valence-corrected chi connectivity index (χ0v) is 8.08. The highest BCUT2D eigenvalue weighted by Gasteiger charge is 2.07. The molecule has 3 N–H and O–H groups in total. The van der Waals surface area contributed by atoms with Gasteiger partial charge in [0.1, 0.15) is 0 Å². The van der Waals surface area contributed by atoms with Crippen molar-refractivity contribution in [3.63, 3.8) is 0 Å². The Morgan fingerprint density at radius 1 is 1.43 bits per heavy atom. The van der Waals surface area contributed by atoms with Crippen LogP contribution in [0.1, 0.15) is 23.7 Å². The van der Waals surface area contributed by atoms with Gasteiger partial charge in [-0.3, -0.25) is 0 Å². The molecule has 0 amide bonds. The maximum Gasteiger partial charge on any atom is 0.337 e. The van der Waals surface area contributed by atoms with Gasteiger partial charge in [0.2, 0.25) is 0 Å². The Kier molecular flexibility index (Phi) is 3.94. The van der Waals surface area contributed by atoms with Gasteiger partial charge in [0.05, 0.1) is 11.3 Å². The normalized spacial score (nSPS) is 9.79. The van der Waals surface area contributed by atoms with Crippen molar-refractivity contribution in [3.8, 4) is 0 Å². The quantitative estimate of drug-likeness (QED) is 0.493. The molecule has 0 aliphatic carbocycles. The number of hydrogen-bond acceptors (Lipinski definition) is 3. The predicted molar refractivity (Wildman–Crippen MR) is 55.3 cm³/mol. The zero-order chi connectivity index (χ0) is 10.4. The molecular formula is C10H14N2O2. The summed E-state index contributed by atoms with van der Waals surface area (Å²) in [6, 6.07) is 6.79. The van der Waals surface area contributed by atoms with Crippen LogP contribution in [-0.2, 0) is 0 Å². The number of carbonyl (C=O) groups is 1. The first-order valence-electron chi connectivity index (χ1n) is 4.57. The van der Waals surface area contributed by atoms with Crippen LogP contribution in [0.4, 0.5) is 5.69 Å². The second-order valence-corrected chi connectivity index (χ2v) is 2.90. The van der Waals surface area contributed by atoms with Crippen LogP contribution < -0.4 is 10.9 Å². The first-order chi connectivity index (χ1) is 6.75. The minimum absolute atomic E-state index is 0.274. The molecule has 76 valence electrons. The smallest absolute Gasteiger partial charge is 0.337 e. The number of hydrazine groups is 1. The Bertz CT molecular complexity index is 313. The largest absolute Gasteiger partial charge is 0.478 e. The predicted octanol–water partition coefficient (Wildman–Crippen LogP) is 1.71. The van der Waals surface area contributed by atoms with Crippen molar-refractivity contribution in [3.05, 3.63) is 29.8 Å². The van der Waals surface area contributed by atoms with Crippen LogP contribution in [0.25, 0.3) is 0 Å². The lowest BCUT2D eigenvalue weighted by atomic mass is 10.2. The molecule has 4 nitrogen and oxygen atoms in total. The topological polar surface area (TPSA) is 61.4 Å². The lowest BCUT2D eigenvalue weighted by molar-refractivity contribution is 0.0698. The summed E-state index contributed by atoms with van der Waals surface area (Å²) in [5.41, 5.74) is 6.66. The number of nitrogens with one attached hydrogen (secondary N) is 2. The molecule has 0 radical (unpaired) electrons. The van der Waals surface area contributed by atoms with Crippen LogP contribution in [0, 0.1) is 0 Å². The summed E-state index contributed by atoms with van der Waals surface area (Å²) in [4.78, 5) is 10.8. The van der Waals surface area contributed by atoms with Crippen LogP contribution in [0.15, 0.2) is 24.3 Å². The van der Waals surface area contributed by atoms with Gasteiger partial charge >= 0.3 is 5.97 Å². The molecule has 0 heterocycles. The fraction of sp³-hybridized carbons (Fsp3) is 0.300. The van der Waals surface area contributed by atoms with Crippen molar-refractivity contribution in [2.45, 2.75) is 13.3 Å². The Morgan fingerprint density at radius 2 is 2.14 bits per heavy atom. The van der Waals surface area contributed by atoms with Crippen LogP contribution in [0.5, 0.6) is 0 Å². The van der Waals surface area contributed by atoms with Crippen molar-refractivity contribution >= 4 is 11.7 Å². The summed E-state index contributed by atoms with van der Waals surface area (Å²) in [5, 5.41) is 8.85. The number of rotatable bonds is 5. The zero-order valence-electron chi connectivity index (χ0n) is 8.08. The van der Waals surface area contributed by atoms with Crippen molar-refractivity contribution < 1.29 is 9.90 Å². The van der Waals surface area contributed by atoms with E-state index in [9.17, 15) is 4.79 Å². The molecule has 1 rings (SSSR count). The molecule has 0 saturated heterocycles. The van der Waals surface area contributed by atoms with E-state index in [-0.39, 0.29) is 5.56 Å². The van der Waals surface area contributed by atoms with E-state index in [0.717, 1.165) is 13.0 Å². The molecule has 0 aliphatic rings. The first kappa shape index (κ1) is 10.5. The molecule has 0 spiro atoms. The molecule has 0 bridgehead atoms. The van der Waals surface area contributed by atoms with Crippen LogP contribution in [-0.4, -0.2) is 17.6 Å². The van der Waals surface area contributed by atoms with Crippen LogP contribution >= 0.6 is 0 Å². The summed E-state index contributed by atoms with van der Waals surface area (Å²) in [7, 11) is 0. The fourth-order valence-corrected chi connectivity index (χ4v) is 1.06. The van der Waals surface area contributed by atoms with Gasteiger partial charge in [-0.15, -0.1) is 0 Å². The van der Waals surface area contributed by atoms with Gasteiger partial charge in [-0.05, 0) is 18.6 Å². The van der Waals surface area contributed by atoms with Crippen molar-refractivity contribution in [1.29, 1.82) is 0 Å². The van der Waals surface area contributed by atoms with Gasteiger partial charge in [0.25, 0.3) is 0 Å². The summed E-state index contributed by atoms with van der Waals surface area (Å²) in [6.07, 6.45) is 0.988. The van der Waals surface area contributed by atoms with E-state index in [1.165, 1.54) is 0 Å². The highest BCUT2D eigenvalue weighted by Crippen LogP contribution is 2.13. The van der Waals surface area contributed by atoms with E-state index in [1.54, 1.807) is 24.3 Å². The van der Waals surface area contributed by atoms with Gasteiger partial charge in [0.15, 0.2) is 0 Å². The molecule has 0 unspecified atom stereocenters. The highest BCUT2D eigenvalue weighted by molar-refractivity contribution is 5.94. The molecule has 0 aromatic heterocycles. The van der Waals surface area contributed by atoms with E-state index in [1.807, 2.05) is 6.92 Å². The third-order valence-corrected chi connectivity index (χ3v) is 1.76. The average Bonchev–Trinajstić information content (AvgIpc) is 2.19. The van der Waals surface area contributed by atoms with E-state index in [2.05, 4.69) is 10.9 Å². The maximum absolute atomic E-state index is 10.8.